The molecule has 5 nitrogen and oxygen atoms in total. The molecule has 0 aliphatic heterocycles. The zero-order valence-electron chi connectivity index (χ0n) is 23.5. The van der Waals surface area contributed by atoms with Crippen molar-refractivity contribution < 1.29 is 4.42 Å². The van der Waals surface area contributed by atoms with E-state index >= 15 is 0 Å². The number of nitrogen functional groups attached to an aromatic ring is 1. The van der Waals surface area contributed by atoms with Crippen LogP contribution in [0.3, 0.4) is 0 Å². The Hall–Kier alpha value is -5.81. The molecule has 0 fully saturated rings. The normalized spacial score (nSPS) is 12.1. The third-order valence-electron chi connectivity index (χ3n) is 8.07. The second-order valence-corrected chi connectivity index (χ2v) is 10.6. The molecule has 8 aromatic rings. The minimum atomic E-state index is 0.334. The van der Waals surface area contributed by atoms with Crippen LogP contribution in [0.4, 0.5) is 5.88 Å². The number of hydrogen-bond donors (Lipinski definition) is 1. The molecule has 0 atom stereocenters. The number of rotatable bonds is 4. The van der Waals surface area contributed by atoms with Gasteiger partial charge >= 0.3 is 0 Å². The number of hydrogen-bond acceptors (Lipinski definition) is 5. The summed E-state index contributed by atoms with van der Waals surface area (Å²) in [5.74, 6) is 2.05. The number of allylic oxidation sites excluding steroid dienone is 1. The Morgan fingerprint density at radius 3 is 1.95 bits per heavy atom. The molecule has 0 unspecified atom stereocenters. The summed E-state index contributed by atoms with van der Waals surface area (Å²) in [5, 5.41) is 7.95. The molecule has 2 heterocycles. The summed E-state index contributed by atoms with van der Waals surface area (Å²) in [5.41, 5.74) is 10.6. The number of nitrogens with zero attached hydrogens (tertiary/aromatic N) is 3. The van der Waals surface area contributed by atoms with Crippen molar-refractivity contribution in [2.75, 3.05) is 5.73 Å². The van der Waals surface area contributed by atoms with Crippen LogP contribution in [0.5, 0.6) is 0 Å². The number of aromatic nitrogens is 3. The number of para-hydroxylation sites is 1. The van der Waals surface area contributed by atoms with E-state index in [1.54, 1.807) is 0 Å². The van der Waals surface area contributed by atoms with E-state index in [-0.39, 0.29) is 0 Å². The lowest BCUT2D eigenvalue weighted by atomic mass is 9.99. The van der Waals surface area contributed by atoms with Gasteiger partial charge in [0.1, 0.15) is 5.58 Å². The van der Waals surface area contributed by atoms with Crippen molar-refractivity contribution in [3.8, 4) is 22.8 Å². The Kier molecular flexibility index (Phi) is 5.76. The van der Waals surface area contributed by atoms with Crippen molar-refractivity contribution in [1.29, 1.82) is 0 Å². The molecule has 0 aliphatic rings. The van der Waals surface area contributed by atoms with Crippen LogP contribution in [0, 0.1) is 0 Å². The van der Waals surface area contributed by atoms with Crippen LogP contribution in [0.1, 0.15) is 18.3 Å². The smallest absolute Gasteiger partial charge is 0.199 e. The first-order valence-corrected chi connectivity index (χ1v) is 14.3. The van der Waals surface area contributed by atoms with Crippen molar-refractivity contribution in [2.24, 2.45) is 0 Å². The first kappa shape index (κ1) is 24.9. The van der Waals surface area contributed by atoms with E-state index in [2.05, 4.69) is 84.9 Å². The Morgan fingerprint density at radius 1 is 0.581 bits per heavy atom. The minimum Gasteiger partial charge on any atom is -0.440 e. The van der Waals surface area contributed by atoms with Crippen LogP contribution in [0.25, 0.3) is 71.6 Å². The molecule has 0 saturated carbocycles. The zero-order valence-corrected chi connectivity index (χ0v) is 23.5. The Morgan fingerprint density at radius 2 is 1.16 bits per heavy atom. The highest BCUT2D eigenvalue weighted by molar-refractivity contribution is 6.08. The van der Waals surface area contributed by atoms with Gasteiger partial charge in [0.2, 0.25) is 0 Å². The second-order valence-electron chi connectivity index (χ2n) is 10.6. The second kappa shape index (κ2) is 9.93. The van der Waals surface area contributed by atoms with Crippen LogP contribution in [0.2, 0.25) is 0 Å². The molecule has 0 spiro atoms. The molecule has 0 saturated heterocycles. The zero-order chi connectivity index (χ0) is 28.9. The Labute approximate surface area is 248 Å². The maximum absolute atomic E-state index is 6.46. The average molecular weight is 555 g/mol. The predicted molar refractivity (Wildman–Crippen MR) is 177 cm³/mol. The SMILES string of the molecule is C/C=C(/c1nc(-c2ccc3ccccc3c2)nc(-c2ccc3c(ccc4ccccc43)c2)n1)c1c(N)oc2ccccc12. The topological polar surface area (TPSA) is 77.8 Å². The number of benzene rings is 6. The molecule has 8 rings (SSSR count). The number of fused-ring (bicyclic) bond motifs is 5. The highest BCUT2D eigenvalue weighted by Crippen LogP contribution is 2.37. The van der Waals surface area contributed by atoms with E-state index in [0.29, 0.717) is 23.4 Å². The maximum Gasteiger partial charge on any atom is 0.199 e. The van der Waals surface area contributed by atoms with E-state index < -0.39 is 0 Å². The fourth-order valence-corrected chi connectivity index (χ4v) is 5.96. The molecular weight excluding hydrogens is 528 g/mol. The summed E-state index contributed by atoms with van der Waals surface area (Å²) in [4.78, 5) is 15.1. The lowest BCUT2D eigenvalue weighted by Gasteiger charge is -2.12. The molecule has 2 N–H and O–H groups in total. The van der Waals surface area contributed by atoms with Crippen molar-refractivity contribution in [3.05, 3.63) is 139 Å². The number of nitrogens with two attached hydrogens (primary N) is 1. The van der Waals surface area contributed by atoms with E-state index in [9.17, 15) is 0 Å². The number of furan rings is 1. The fourth-order valence-electron chi connectivity index (χ4n) is 5.96. The molecule has 2 aromatic heterocycles. The van der Waals surface area contributed by atoms with Crippen molar-refractivity contribution >= 4 is 54.7 Å². The monoisotopic (exact) mass is 554 g/mol. The largest absolute Gasteiger partial charge is 0.440 e. The van der Waals surface area contributed by atoms with Gasteiger partial charge in [0.15, 0.2) is 23.4 Å². The van der Waals surface area contributed by atoms with Gasteiger partial charge in [-0.15, -0.1) is 0 Å². The Bertz CT molecular complexity index is 2380. The quantitative estimate of drug-likeness (QED) is 0.219. The summed E-state index contributed by atoms with van der Waals surface area (Å²) in [7, 11) is 0. The van der Waals surface area contributed by atoms with Gasteiger partial charge in [-0.05, 0) is 57.4 Å². The molecule has 5 heteroatoms. The predicted octanol–water partition coefficient (Wildman–Crippen LogP) is 9.45. The molecule has 0 bridgehead atoms. The summed E-state index contributed by atoms with van der Waals surface area (Å²) >= 11 is 0. The van der Waals surface area contributed by atoms with Gasteiger partial charge in [-0.2, -0.15) is 0 Å². The van der Waals surface area contributed by atoms with Gasteiger partial charge in [-0.25, -0.2) is 15.0 Å². The third kappa shape index (κ3) is 4.21. The fraction of sp³-hybridized carbons (Fsp3) is 0.0263. The molecule has 204 valence electrons. The lowest BCUT2D eigenvalue weighted by Crippen LogP contribution is -2.04. The third-order valence-corrected chi connectivity index (χ3v) is 8.07. The first-order valence-electron chi connectivity index (χ1n) is 14.3. The van der Waals surface area contributed by atoms with Crippen molar-refractivity contribution in [1.82, 2.24) is 15.0 Å². The average Bonchev–Trinajstić information content (AvgIpc) is 3.39. The molecule has 6 aromatic carbocycles. The van der Waals surface area contributed by atoms with Crippen LogP contribution in [-0.4, -0.2) is 15.0 Å². The van der Waals surface area contributed by atoms with E-state index in [0.717, 1.165) is 49.4 Å². The van der Waals surface area contributed by atoms with Crippen LogP contribution in [0.15, 0.2) is 132 Å². The highest BCUT2D eigenvalue weighted by atomic mass is 16.3. The molecular formula is C38H26N4O. The van der Waals surface area contributed by atoms with Crippen LogP contribution >= 0.6 is 0 Å². The van der Waals surface area contributed by atoms with Gasteiger partial charge in [-0.3, -0.25) is 0 Å². The van der Waals surface area contributed by atoms with Gasteiger partial charge in [-0.1, -0.05) is 109 Å². The molecule has 0 radical (unpaired) electrons. The minimum absolute atomic E-state index is 0.334. The van der Waals surface area contributed by atoms with Gasteiger partial charge in [0.25, 0.3) is 0 Å². The molecule has 0 amide bonds. The summed E-state index contributed by atoms with van der Waals surface area (Å²) in [6.45, 7) is 1.97. The Balaban J connectivity index is 1.35. The highest BCUT2D eigenvalue weighted by Gasteiger charge is 2.21. The van der Waals surface area contributed by atoms with Gasteiger partial charge in [0.05, 0.1) is 5.56 Å². The molecule has 0 aliphatic carbocycles. The van der Waals surface area contributed by atoms with Crippen molar-refractivity contribution in [3.63, 3.8) is 0 Å². The maximum atomic E-state index is 6.46. The molecule has 43 heavy (non-hydrogen) atoms. The standard InChI is InChI=1S/C38H26N4O/c1-2-29(34-32-13-7-8-14-33(32)43-35(34)39)38-41-36(27-18-15-23-9-3-4-11-25(23)21-27)40-37(42-38)28-19-20-31-26(22-28)17-16-24-10-5-6-12-30(24)31/h2-22H,39H2,1H3/b29-2+. The van der Waals surface area contributed by atoms with Crippen LogP contribution in [-0.2, 0) is 0 Å². The lowest BCUT2D eigenvalue weighted by molar-refractivity contribution is 0.636. The van der Waals surface area contributed by atoms with Gasteiger partial charge < -0.3 is 10.2 Å². The number of anilines is 1. The van der Waals surface area contributed by atoms with E-state index in [1.807, 2.05) is 49.4 Å². The van der Waals surface area contributed by atoms with E-state index in [1.165, 1.54) is 16.2 Å². The van der Waals surface area contributed by atoms with Gasteiger partial charge in [0, 0.05) is 22.1 Å². The summed E-state index contributed by atoms with van der Waals surface area (Å²) in [6, 6.07) is 41.6. The van der Waals surface area contributed by atoms with E-state index in [4.69, 9.17) is 25.1 Å². The first-order chi connectivity index (χ1) is 21.2. The van der Waals surface area contributed by atoms with Crippen LogP contribution < -0.4 is 5.73 Å². The summed E-state index contributed by atoms with van der Waals surface area (Å²) < 4.78 is 5.93. The van der Waals surface area contributed by atoms with Crippen molar-refractivity contribution in [2.45, 2.75) is 6.92 Å². The summed E-state index contributed by atoms with van der Waals surface area (Å²) in [6.07, 6.45) is 1.99.